The Hall–Kier alpha value is -0.800. The van der Waals surface area contributed by atoms with Crippen LogP contribution in [0.2, 0.25) is 0 Å². The van der Waals surface area contributed by atoms with Crippen molar-refractivity contribution in [3.05, 3.63) is 43.8 Å². The molecular weight excluding hydrogens is 376 g/mol. The average molecular weight is 391 g/mol. The lowest BCUT2D eigenvalue weighted by atomic mass is 10.2. The van der Waals surface area contributed by atoms with Gasteiger partial charge < -0.3 is 5.11 Å². The monoisotopic (exact) mass is 390 g/mol. The van der Waals surface area contributed by atoms with Gasteiger partial charge in [0.05, 0.1) is 22.7 Å². The summed E-state index contributed by atoms with van der Waals surface area (Å²) in [5, 5.41) is 9.22. The molecule has 0 aliphatic carbocycles. The summed E-state index contributed by atoms with van der Waals surface area (Å²) in [7, 11) is -3.65. The number of sulfonamides is 1. The molecule has 1 aromatic carbocycles. The van der Waals surface area contributed by atoms with Gasteiger partial charge in [0.1, 0.15) is 0 Å². The third-order valence-electron chi connectivity index (χ3n) is 3.10. The van der Waals surface area contributed by atoms with Crippen molar-refractivity contribution < 1.29 is 13.5 Å². The molecule has 0 spiro atoms. The second-order valence-corrected chi connectivity index (χ2v) is 8.07. The van der Waals surface area contributed by atoms with Gasteiger partial charge in [-0.05, 0) is 37.1 Å². The van der Waals surface area contributed by atoms with E-state index >= 15 is 0 Å². The number of aromatic nitrogens is 1. The number of aryl methyl sites for hydroxylation is 1. The van der Waals surface area contributed by atoms with E-state index in [9.17, 15) is 13.5 Å². The van der Waals surface area contributed by atoms with E-state index in [1.165, 1.54) is 17.4 Å². The molecule has 2 aromatic rings. The van der Waals surface area contributed by atoms with Gasteiger partial charge in [-0.15, -0.1) is 11.3 Å². The topological polar surface area (TPSA) is 79.3 Å². The number of rotatable bonds is 5. The van der Waals surface area contributed by atoms with E-state index in [1.807, 2.05) is 6.92 Å². The average Bonchev–Trinajstić information content (AvgIpc) is 2.84. The molecule has 0 amide bonds. The van der Waals surface area contributed by atoms with Gasteiger partial charge in [0, 0.05) is 15.9 Å². The first-order valence-corrected chi connectivity index (χ1v) is 9.29. The highest BCUT2D eigenvalue weighted by Crippen LogP contribution is 2.26. The third kappa shape index (κ3) is 3.70. The molecular formula is C13H15BrN2O3S2. The van der Waals surface area contributed by atoms with E-state index in [1.54, 1.807) is 18.5 Å². The van der Waals surface area contributed by atoms with Crippen LogP contribution in [0.4, 0.5) is 0 Å². The van der Waals surface area contributed by atoms with Crippen LogP contribution >= 0.6 is 27.3 Å². The molecule has 2 N–H and O–H groups in total. The Morgan fingerprint density at radius 1 is 1.38 bits per heavy atom. The zero-order chi connectivity index (χ0) is 15.6. The van der Waals surface area contributed by atoms with Gasteiger partial charge in [0.2, 0.25) is 10.0 Å². The Morgan fingerprint density at radius 3 is 2.67 bits per heavy atom. The predicted molar refractivity (Wildman–Crippen MR) is 85.7 cm³/mol. The molecule has 8 heteroatoms. The largest absolute Gasteiger partial charge is 0.392 e. The van der Waals surface area contributed by atoms with E-state index < -0.39 is 10.0 Å². The predicted octanol–water partition coefficient (Wildman–Crippen LogP) is 2.49. The molecule has 0 radical (unpaired) electrons. The number of halogens is 1. The number of thiazole rings is 1. The maximum absolute atomic E-state index is 12.5. The molecule has 0 aliphatic rings. The van der Waals surface area contributed by atoms with Crippen molar-refractivity contribution in [2.75, 3.05) is 0 Å². The number of hydrogen-bond donors (Lipinski definition) is 2. The smallest absolute Gasteiger partial charge is 0.241 e. The zero-order valence-electron chi connectivity index (χ0n) is 11.6. The molecule has 0 fully saturated rings. The summed E-state index contributed by atoms with van der Waals surface area (Å²) in [6.45, 7) is 3.56. The van der Waals surface area contributed by atoms with E-state index in [0.717, 1.165) is 10.6 Å². The van der Waals surface area contributed by atoms with Crippen LogP contribution in [0.25, 0.3) is 0 Å². The lowest BCUT2D eigenvalue weighted by molar-refractivity contribution is 0.281. The number of aliphatic hydroxyl groups is 1. The first-order valence-electron chi connectivity index (χ1n) is 6.13. The Morgan fingerprint density at radius 2 is 2.10 bits per heavy atom. The second kappa shape index (κ2) is 6.53. The van der Waals surface area contributed by atoms with Crippen molar-refractivity contribution in [1.29, 1.82) is 0 Å². The second-order valence-electron chi connectivity index (χ2n) is 4.54. The molecule has 114 valence electrons. The lowest BCUT2D eigenvalue weighted by Gasteiger charge is -2.12. The molecule has 0 saturated carbocycles. The minimum atomic E-state index is -3.65. The summed E-state index contributed by atoms with van der Waals surface area (Å²) >= 11 is 4.73. The summed E-state index contributed by atoms with van der Waals surface area (Å²) in [4.78, 5) is 5.14. The summed E-state index contributed by atoms with van der Waals surface area (Å²) in [6.07, 6.45) is 0. The Kier molecular flexibility index (Phi) is 5.15. The zero-order valence-corrected chi connectivity index (χ0v) is 14.8. The normalized spacial score (nSPS) is 11.8. The summed E-state index contributed by atoms with van der Waals surface area (Å²) in [5.74, 6) is 0. The number of aliphatic hydroxyl groups excluding tert-OH is 1. The van der Waals surface area contributed by atoms with Crippen LogP contribution in [0.15, 0.2) is 27.0 Å². The molecule has 1 heterocycles. The van der Waals surface area contributed by atoms with Crippen LogP contribution in [0, 0.1) is 13.8 Å². The van der Waals surface area contributed by atoms with Crippen LogP contribution in [-0.4, -0.2) is 18.5 Å². The molecule has 5 nitrogen and oxygen atoms in total. The molecule has 0 saturated heterocycles. The molecule has 21 heavy (non-hydrogen) atoms. The highest BCUT2D eigenvalue weighted by atomic mass is 79.9. The molecule has 0 atom stereocenters. The highest BCUT2D eigenvalue weighted by Gasteiger charge is 2.19. The van der Waals surface area contributed by atoms with Crippen molar-refractivity contribution in [2.45, 2.75) is 31.9 Å². The molecule has 0 aliphatic heterocycles. The summed E-state index contributed by atoms with van der Waals surface area (Å²) in [5.41, 5.74) is 3.67. The van der Waals surface area contributed by atoms with Crippen molar-refractivity contribution >= 4 is 37.3 Å². The van der Waals surface area contributed by atoms with E-state index in [-0.39, 0.29) is 18.0 Å². The fraction of sp³-hybridized carbons (Fsp3) is 0.308. The third-order valence-corrected chi connectivity index (χ3v) is 6.38. The van der Waals surface area contributed by atoms with E-state index in [4.69, 9.17) is 0 Å². The van der Waals surface area contributed by atoms with Gasteiger partial charge >= 0.3 is 0 Å². The Balaban J connectivity index is 2.31. The molecule has 0 unspecified atom stereocenters. The van der Waals surface area contributed by atoms with Crippen molar-refractivity contribution in [2.24, 2.45) is 0 Å². The van der Waals surface area contributed by atoms with Crippen LogP contribution in [0.3, 0.4) is 0 Å². The lowest BCUT2D eigenvalue weighted by Crippen LogP contribution is -2.24. The fourth-order valence-corrected chi connectivity index (χ4v) is 4.57. The van der Waals surface area contributed by atoms with Gasteiger partial charge in [-0.25, -0.2) is 18.1 Å². The summed E-state index contributed by atoms with van der Waals surface area (Å²) < 4.78 is 28.1. The Bertz CT molecular complexity index is 757. The molecule has 2 rings (SSSR count). The minimum Gasteiger partial charge on any atom is -0.392 e. The van der Waals surface area contributed by atoms with Gasteiger partial charge in [-0.1, -0.05) is 15.9 Å². The molecule has 0 bridgehead atoms. The number of nitrogens with one attached hydrogen (secondary N) is 1. The SMILES string of the molecule is Cc1ncsc1CNS(=O)(=O)c1cc(CO)cc(Br)c1C. The quantitative estimate of drug-likeness (QED) is 0.821. The van der Waals surface area contributed by atoms with Crippen molar-refractivity contribution in [3.8, 4) is 0 Å². The van der Waals surface area contributed by atoms with Crippen LogP contribution in [0.5, 0.6) is 0 Å². The van der Waals surface area contributed by atoms with E-state index in [2.05, 4.69) is 25.6 Å². The fourth-order valence-electron chi connectivity index (χ4n) is 1.81. The van der Waals surface area contributed by atoms with Crippen molar-refractivity contribution in [3.63, 3.8) is 0 Å². The number of benzene rings is 1. The first kappa shape index (κ1) is 16.6. The number of nitrogens with zero attached hydrogens (tertiary/aromatic N) is 1. The number of hydrogen-bond acceptors (Lipinski definition) is 5. The Labute approximate surface area is 136 Å². The van der Waals surface area contributed by atoms with Crippen LogP contribution in [-0.2, 0) is 23.2 Å². The summed E-state index contributed by atoms with van der Waals surface area (Å²) in [6, 6.07) is 3.20. The van der Waals surface area contributed by atoms with Gasteiger partial charge in [-0.2, -0.15) is 0 Å². The minimum absolute atomic E-state index is 0.170. The maximum Gasteiger partial charge on any atom is 0.241 e. The van der Waals surface area contributed by atoms with Gasteiger partial charge in [-0.3, -0.25) is 0 Å². The molecule has 1 aromatic heterocycles. The van der Waals surface area contributed by atoms with Crippen LogP contribution in [0.1, 0.15) is 21.7 Å². The standard InChI is InChI=1S/C13H15BrN2O3S2/c1-8-11(14)3-10(6-17)4-13(8)21(18,19)16-5-12-9(2)15-7-20-12/h3-4,7,16-17H,5-6H2,1-2H3. The highest BCUT2D eigenvalue weighted by molar-refractivity contribution is 9.10. The first-order chi connectivity index (χ1) is 9.85. The van der Waals surface area contributed by atoms with E-state index in [0.29, 0.717) is 15.6 Å². The van der Waals surface area contributed by atoms with Gasteiger partial charge in [0.25, 0.3) is 0 Å². The maximum atomic E-state index is 12.5. The van der Waals surface area contributed by atoms with Gasteiger partial charge in [0.15, 0.2) is 0 Å². The van der Waals surface area contributed by atoms with Crippen molar-refractivity contribution in [1.82, 2.24) is 9.71 Å². The van der Waals surface area contributed by atoms with Crippen LogP contribution < -0.4 is 4.72 Å².